The number of hydrogen-bond donors (Lipinski definition) is 0. The standard InChI is InChI=1S/C15H15NO/c1-11-3-6-14(12(2)9-11)10-13-4-7-15(16-17)8-5-13/h3-9H,10H2,1-2H3. The van der Waals surface area contributed by atoms with E-state index >= 15 is 0 Å². The lowest BCUT2D eigenvalue weighted by Gasteiger charge is -2.07. The van der Waals surface area contributed by atoms with Gasteiger partial charge in [0.25, 0.3) is 0 Å². The lowest BCUT2D eigenvalue weighted by Crippen LogP contribution is -1.92. The van der Waals surface area contributed by atoms with Crippen LogP contribution in [0.5, 0.6) is 0 Å². The molecular formula is C15H15NO. The Labute approximate surface area is 101 Å². The first-order valence-electron chi connectivity index (χ1n) is 5.67. The Kier molecular flexibility index (Phi) is 3.33. The molecule has 0 aliphatic rings. The van der Waals surface area contributed by atoms with Gasteiger partial charge in [0.15, 0.2) is 0 Å². The van der Waals surface area contributed by atoms with E-state index in [0.717, 1.165) is 6.42 Å². The highest BCUT2D eigenvalue weighted by molar-refractivity contribution is 5.41. The van der Waals surface area contributed by atoms with Crippen LogP contribution in [-0.4, -0.2) is 0 Å². The molecule has 0 bridgehead atoms. The molecule has 0 spiro atoms. The van der Waals surface area contributed by atoms with Crippen molar-refractivity contribution in [3.05, 3.63) is 69.6 Å². The zero-order valence-corrected chi connectivity index (χ0v) is 10.1. The SMILES string of the molecule is Cc1ccc(Cc2ccc(N=O)cc2)c(C)c1. The third-order valence-electron chi connectivity index (χ3n) is 2.93. The molecule has 0 unspecified atom stereocenters. The van der Waals surface area contributed by atoms with E-state index in [9.17, 15) is 4.91 Å². The van der Waals surface area contributed by atoms with Crippen molar-refractivity contribution in [2.24, 2.45) is 5.18 Å². The summed E-state index contributed by atoms with van der Waals surface area (Å²) in [4.78, 5) is 10.3. The number of nitrogens with zero attached hydrogens (tertiary/aromatic N) is 1. The highest BCUT2D eigenvalue weighted by Gasteiger charge is 2.01. The first-order chi connectivity index (χ1) is 8.19. The van der Waals surface area contributed by atoms with Crippen molar-refractivity contribution >= 4 is 5.69 Å². The molecule has 0 N–H and O–H groups in total. The maximum absolute atomic E-state index is 10.3. The Balaban J connectivity index is 2.22. The van der Waals surface area contributed by atoms with Crippen molar-refractivity contribution in [2.45, 2.75) is 20.3 Å². The Morgan fingerprint density at radius 3 is 2.29 bits per heavy atom. The minimum absolute atomic E-state index is 0.481. The lowest BCUT2D eigenvalue weighted by atomic mass is 9.99. The molecule has 0 saturated heterocycles. The van der Waals surface area contributed by atoms with Crippen LogP contribution in [0.2, 0.25) is 0 Å². The molecule has 0 amide bonds. The Hall–Kier alpha value is -1.96. The minimum Gasteiger partial charge on any atom is -0.145 e. The normalized spacial score (nSPS) is 10.2. The highest BCUT2D eigenvalue weighted by atomic mass is 16.3. The third-order valence-corrected chi connectivity index (χ3v) is 2.93. The van der Waals surface area contributed by atoms with Crippen LogP contribution in [0.4, 0.5) is 5.69 Å². The Morgan fingerprint density at radius 1 is 1.00 bits per heavy atom. The number of aryl methyl sites for hydroxylation is 2. The second kappa shape index (κ2) is 4.91. The molecule has 0 heterocycles. The number of hydrogen-bond acceptors (Lipinski definition) is 2. The quantitative estimate of drug-likeness (QED) is 0.716. The van der Waals surface area contributed by atoms with Gasteiger partial charge in [0.1, 0.15) is 5.69 Å². The molecule has 2 aromatic carbocycles. The van der Waals surface area contributed by atoms with Gasteiger partial charge in [-0.3, -0.25) is 0 Å². The minimum atomic E-state index is 0.481. The molecule has 2 nitrogen and oxygen atoms in total. The zero-order valence-electron chi connectivity index (χ0n) is 10.1. The summed E-state index contributed by atoms with van der Waals surface area (Å²) in [6.07, 6.45) is 0.894. The fourth-order valence-corrected chi connectivity index (χ4v) is 1.94. The van der Waals surface area contributed by atoms with Crippen LogP contribution in [0.1, 0.15) is 22.3 Å². The van der Waals surface area contributed by atoms with Gasteiger partial charge in [-0.1, -0.05) is 35.9 Å². The van der Waals surface area contributed by atoms with E-state index in [1.54, 1.807) is 12.1 Å². The molecule has 2 rings (SSSR count). The molecule has 0 aliphatic heterocycles. The summed E-state index contributed by atoms with van der Waals surface area (Å²) in [6, 6.07) is 13.9. The van der Waals surface area contributed by atoms with Gasteiger partial charge >= 0.3 is 0 Å². The van der Waals surface area contributed by atoms with Crippen molar-refractivity contribution in [1.29, 1.82) is 0 Å². The average Bonchev–Trinajstić information content (AvgIpc) is 2.34. The van der Waals surface area contributed by atoms with Crippen LogP contribution in [0.15, 0.2) is 47.6 Å². The van der Waals surface area contributed by atoms with Gasteiger partial charge in [0, 0.05) is 0 Å². The molecule has 0 aliphatic carbocycles. The maximum Gasteiger partial charge on any atom is 0.108 e. The summed E-state index contributed by atoms with van der Waals surface area (Å²) in [7, 11) is 0. The smallest absolute Gasteiger partial charge is 0.108 e. The molecule has 0 atom stereocenters. The van der Waals surface area contributed by atoms with Crippen LogP contribution in [0, 0.1) is 18.8 Å². The summed E-state index contributed by atoms with van der Waals surface area (Å²) in [5.74, 6) is 0. The average molecular weight is 225 g/mol. The fourth-order valence-electron chi connectivity index (χ4n) is 1.94. The highest BCUT2D eigenvalue weighted by Crippen LogP contribution is 2.18. The van der Waals surface area contributed by atoms with E-state index in [-0.39, 0.29) is 0 Å². The summed E-state index contributed by atoms with van der Waals surface area (Å²) in [6.45, 7) is 4.23. The van der Waals surface area contributed by atoms with Crippen LogP contribution >= 0.6 is 0 Å². The van der Waals surface area contributed by atoms with E-state index in [4.69, 9.17) is 0 Å². The first-order valence-corrected chi connectivity index (χ1v) is 5.67. The summed E-state index contributed by atoms with van der Waals surface area (Å²) >= 11 is 0. The van der Waals surface area contributed by atoms with Gasteiger partial charge in [-0.05, 0) is 54.3 Å². The Bertz CT molecular complexity index is 529. The first kappa shape index (κ1) is 11.5. The summed E-state index contributed by atoms with van der Waals surface area (Å²) < 4.78 is 0. The molecule has 17 heavy (non-hydrogen) atoms. The van der Waals surface area contributed by atoms with Crippen LogP contribution in [0.3, 0.4) is 0 Å². The zero-order chi connectivity index (χ0) is 12.3. The van der Waals surface area contributed by atoms with Crippen LogP contribution in [-0.2, 0) is 6.42 Å². The Morgan fingerprint density at radius 2 is 1.71 bits per heavy atom. The summed E-state index contributed by atoms with van der Waals surface area (Å²) in [5.41, 5.74) is 5.59. The van der Waals surface area contributed by atoms with Crippen molar-refractivity contribution in [3.63, 3.8) is 0 Å². The van der Waals surface area contributed by atoms with Gasteiger partial charge in [0.05, 0.1) is 0 Å². The van der Waals surface area contributed by atoms with E-state index in [1.807, 2.05) is 12.1 Å². The largest absolute Gasteiger partial charge is 0.145 e. The van der Waals surface area contributed by atoms with Crippen molar-refractivity contribution in [2.75, 3.05) is 0 Å². The second-order valence-electron chi connectivity index (χ2n) is 4.36. The van der Waals surface area contributed by atoms with Gasteiger partial charge < -0.3 is 0 Å². The van der Waals surface area contributed by atoms with E-state index in [1.165, 1.54) is 22.3 Å². The van der Waals surface area contributed by atoms with Gasteiger partial charge in [-0.25, -0.2) is 0 Å². The van der Waals surface area contributed by atoms with Crippen molar-refractivity contribution < 1.29 is 0 Å². The van der Waals surface area contributed by atoms with Gasteiger partial charge in [-0.2, -0.15) is 0 Å². The molecule has 0 saturated carbocycles. The third kappa shape index (κ3) is 2.78. The van der Waals surface area contributed by atoms with Crippen molar-refractivity contribution in [3.8, 4) is 0 Å². The van der Waals surface area contributed by atoms with Gasteiger partial charge in [0.2, 0.25) is 0 Å². The lowest BCUT2D eigenvalue weighted by molar-refractivity contribution is 1.15. The maximum atomic E-state index is 10.3. The number of nitroso groups, excluding NO2 is 1. The predicted octanol–water partition coefficient (Wildman–Crippen LogP) is 4.29. The summed E-state index contributed by atoms with van der Waals surface area (Å²) in [5, 5.41) is 2.90. The molecule has 2 aromatic rings. The van der Waals surface area contributed by atoms with E-state index < -0.39 is 0 Å². The van der Waals surface area contributed by atoms with E-state index in [0.29, 0.717) is 5.69 Å². The van der Waals surface area contributed by atoms with E-state index in [2.05, 4.69) is 37.2 Å². The molecule has 0 aromatic heterocycles. The monoisotopic (exact) mass is 225 g/mol. The number of benzene rings is 2. The molecular weight excluding hydrogens is 210 g/mol. The predicted molar refractivity (Wildman–Crippen MR) is 70.6 cm³/mol. The molecule has 2 heteroatoms. The fraction of sp³-hybridized carbons (Fsp3) is 0.200. The molecule has 0 radical (unpaired) electrons. The topological polar surface area (TPSA) is 29.4 Å². The molecule has 86 valence electrons. The van der Waals surface area contributed by atoms with Crippen LogP contribution in [0.25, 0.3) is 0 Å². The second-order valence-corrected chi connectivity index (χ2v) is 4.36. The molecule has 0 fully saturated rings. The van der Waals surface area contributed by atoms with Crippen LogP contribution < -0.4 is 0 Å². The van der Waals surface area contributed by atoms with Crippen molar-refractivity contribution in [1.82, 2.24) is 0 Å². The number of rotatable bonds is 3. The van der Waals surface area contributed by atoms with Gasteiger partial charge in [-0.15, -0.1) is 4.91 Å².